The molecule has 1 aromatic rings. The van der Waals surface area contributed by atoms with Crippen molar-refractivity contribution >= 4 is 6.08 Å². The molecule has 0 N–H and O–H groups in total. The second-order valence-electron chi connectivity index (χ2n) is 3.69. The molecular formula is C14H13FN2O. The maximum atomic E-state index is 13.7. The van der Waals surface area contributed by atoms with E-state index >= 15 is 0 Å². The number of benzene rings is 1. The van der Waals surface area contributed by atoms with Crippen molar-refractivity contribution in [1.29, 1.82) is 10.5 Å². The lowest BCUT2D eigenvalue weighted by atomic mass is 10.1. The van der Waals surface area contributed by atoms with Crippen molar-refractivity contribution in [1.82, 2.24) is 0 Å². The zero-order valence-electron chi connectivity index (χ0n) is 10.1. The van der Waals surface area contributed by atoms with Crippen molar-refractivity contribution in [3.8, 4) is 12.1 Å². The molecule has 0 aliphatic rings. The van der Waals surface area contributed by atoms with Gasteiger partial charge in [0.2, 0.25) is 0 Å². The normalized spacial score (nSPS) is 9.33. The van der Waals surface area contributed by atoms with Crippen LogP contribution in [0.5, 0.6) is 0 Å². The van der Waals surface area contributed by atoms with Crippen LogP contribution in [0.25, 0.3) is 6.08 Å². The highest BCUT2D eigenvalue weighted by Crippen LogP contribution is 2.14. The molecule has 0 amide bonds. The summed E-state index contributed by atoms with van der Waals surface area (Å²) in [4.78, 5) is 0. The second-order valence-corrected chi connectivity index (χ2v) is 3.69. The molecular weight excluding hydrogens is 231 g/mol. The summed E-state index contributed by atoms with van der Waals surface area (Å²) in [5.41, 5.74) is 0.908. The lowest BCUT2D eigenvalue weighted by Gasteiger charge is -2.05. The molecule has 18 heavy (non-hydrogen) atoms. The molecule has 0 aliphatic heterocycles. The first-order valence-corrected chi connectivity index (χ1v) is 5.59. The van der Waals surface area contributed by atoms with Crippen LogP contribution < -0.4 is 0 Å². The van der Waals surface area contributed by atoms with Gasteiger partial charge in [-0.1, -0.05) is 19.1 Å². The van der Waals surface area contributed by atoms with Crippen molar-refractivity contribution in [2.75, 3.05) is 6.61 Å². The number of nitriles is 2. The Balaban J connectivity index is 2.84. The third kappa shape index (κ3) is 4.01. The summed E-state index contributed by atoms with van der Waals surface area (Å²) in [6.07, 6.45) is 2.23. The van der Waals surface area contributed by atoms with E-state index in [-0.39, 0.29) is 12.2 Å². The smallest absolute Gasteiger partial charge is 0.130 e. The summed E-state index contributed by atoms with van der Waals surface area (Å²) >= 11 is 0. The SMILES string of the molecule is CCCOCc1ccc(C=C(C#N)C#N)cc1F. The molecule has 0 heterocycles. The van der Waals surface area contributed by atoms with Gasteiger partial charge in [0.15, 0.2) is 0 Å². The third-order valence-electron chi connectivity index (χ3n) is 2.24. The zero-order valence-corrected chi connectivity index (χ0v) is 10.1. The van der Waals surface area contributed by atoms with Gasteiger partial charge in [-0.05, 0) is 24.1 Å². The largest absolute Gasteiger partial charge is 0.377 e. The van der Waals surface area contributed by atoms with E-state index in [1.807, 2.05) is 6.92 Å². The maximum absolute atomic E-state index is 13.7. The van der Waals surface area contributed by atoms with Gasteiger partial charge in [-0.15, -0.1) is 0 Å². The lowest BCUT2D eigenvalue weighted by molar-refractivity contribution is 0.119. The van der Waals surface area contributed by atoms with E-state index < -0.39 is 5.82 Å². The van der Waals surface area contributed by atoms with E-state index in [1.54, 1.807) is 24.3 Å². The summed E-state index contributed by atoms with van der Waals surface area (Å²) in [5.74, 6) is -0.393. The first-order chi connectivity index (χ1) is 8.71. The molecule has 0 aliphatic carbocycles. The highest BCUT2D eigenvalue weighted by molar-refractivity contribution is 5.62. The molecule has 3 nitrogen and oxygen atoms in total. The molecule has 92 valence electrons. The highest BCUT2D eigenvalue weighted by atomic mass is 19.1. The van der Waals surface area contributed by atoms with Crippen LogP contribution in [0.2, 0.25) is 0 Å². The average Bonchev–Trinajstić information content (AvgIpc) is 2.38. The number of hydrogen-bond donors (Lipinski definition) is 0. The first kappa shape index (κ1) is 13.9. The van der Waals surface area contributed by atoms with Crippen LogP contribution in [-0.4, -0.2) is 6.61 Å². The van der Waals surface area contributed by atoms with Crippen LogP contribution in [0.1, 0.15) is 24.5 Å². The Morgan fingerprint density at radius 3 is 2.67 bits per heavy atom. The molecule has 0 radical (unpaired) electrons. The fraction of sp³-hybridized carbons (Fsp3) is 0.286. The maximum Gasteiger partial charge on any atom is 0.130 e. The molecule has 0 bridgehead atoms. The Morgan fingerprint density at radius 2 is 2.11 bits per heavy atom. The van der Waals surface area contributed by atoms with Gasteiger partial charge in [0, 0.05) is 12.2 Å². The van der Waals surface area contributed by atoms with E-state index in [1.165, 1.54) is 12.1 Å². The molecule has 4 heteroatoms. The molecule has 1 rings (SSSR count). The van der Waals surface area contributed by atoms with Gasteiger partial charge in [0.05, 0.1) is 6.61 Å². The Labute approximate surface area is 106 Å². The number of hydrogen-bond acceptors (Lipinski definition) is 3. The minimum atomic E-state index is -0.393. The Bertz CT molecular complexity index is 508. The van der Waals surface area contributed by atoms with Gasteiger partial charge in [-0.3, -0.25) is 0 Å². The molecule has 0 saturated heterocycles. The molecule has 0 fully saturated rings. The number of rotatable bonds is 5. The van der Waals surface area contributed by atoms with Crippen LogP contribution in [-0.2, 0) is 11.3 Å². The minimum absolute atomic E-state index is 0.0515. The number of allylic oxidation sites excluding steroid dienone is 1. The topological polar surface area (TPSA) is 56.8 Å². The number of ether oxygens (including phenoxy) is 1. The van der Waals surface area contributed by atoms with Crippen LogP contribution in [0, 0.1) is 28.5 Å². The van der Waals surface area contributed by atoms with E-state index in [4.69, 9.17) is 15.3 Å². The van der Waals surface area contributed by atoms with Crippen LogP contribution >= 0.6 is 0 Å². The van der Waals surface area contributed by atoms with Gasteiger partial charge in [-0.25, -0.2) is 4.39 Å². The standard InChI is InChI=1S/C14H13FN2O/c1-2-5-18-10-13-4-3-11(7-14(13)15)6-12(8-16)9-17/h3-4,6-7H,2,5,10H2,1H3. The monoisotopic (exact) mass is 244 g/mol. The van der Waals surface area contributed by atoms with Gasteiger partial charge in [0.1, 0.15) is 23.5 Å². The van der Waals surface area contributed by atoms with Crippen LogP contribution in [0.4, 0.5) is 4.39 Å². The molecule has 0 aromatic heterocycles. The Hall–Kier alpha value is -2.17. The van der Waals surface area contributed by atoms with Gasteiger partial charge < -0.3 is 4.74 Å². The van der Waals surface area contributed by atoms with Gasteiger partial charge in [0.25, 0.3) is 0 Å². The fourth-order valence-corrected chi connectivity index (χ4v) is 1.35. The average molecular weight is 244 g/mol. The van der Waals surface area contributed by atoms with Gasteiger partial charge in [-0.2, -0.15) is 10.5 Å². The van der Waals surface area contributed by atoms with Crippen molar-refractivity contribution in [3.63, 3.8) is 0 Å². The third-order valence-corrected chi connectivity index (χ3v) is 2.24. The molecule has 0 spiro atoms. The summed E-state index contributed by atoms with van der Waals surface area (Å²) in [6, 6.07) is 8.00. The summed E-state index contributed by atoms with van der Waals surface area (Å²) in [7, 11) is 0. The first-order valence-electron chi connectivity index (χ1n) is 5.59. The highest BCUT2D eigenvalue weighted by Gasteiger charge is 2.03. The fourth-order valence-electron chi connectivity index (χ4n) is 1.35. The molecule has 0 atom stereocenters. The molecule has 1 aromatic carbocycles. The summed E-state index contributed by atoms with van der Waals surface area (Å²) in [5, 5.41) is 17.2. The minimum Gasteiger partial charge on any atom is -0.377 e. The van der Waals surface area contributed by atoms with E-state index in [2.05, 4.69) is 0 Å². The van der Waals surface area contributed by atoms with Crippen molar-refractivity contribution < 1.29 is 9.13 Å². The summed E-state index contributed by atoms with van der Waals surface area (Å²) < 4.78 is 18.9. The van der Waals surface area contributed by atoms with Crippen molar-refractivity contribution in [2.45, 2.75) is 20.0 Å². The van der Waals surface area contributed by atoms with Gasteiger partial charge >= 0.3 is 0 Å². The zero-order chi connectivity index (χ0) is 13.4. The Morgan fingerprint density at radius 1 is 1.39 bits per heavy atom. The predicted molar refractivity (Wildman–Crippen MR) is 65.6 cm³/mol. The van der Waals surface area contributed by atoms with E-state index in [9.17, 15) is 4.39 Å². The number of nitrogens with zero attached hydrogens (tertiary/aromatic N) is 2. The number of halogens is 1. The lowest BCUT2D eigenvalue weighted by Crippen LogP contribution is -1.97. The van der Waals surface area contributed by atoms with Crippen LogP contribution in [0.15, 0.2) is 23.8 Å². The predicted octanol–water partition coefficient (Wildman–Crippen LogP) is 3.18. The molecule has 0 unspecified atom stereocenters. The van der Waals surface area contributed by atoms with Crippen molar-refractivity contribution in [2.24, 2.45) is 0 Å². The van der Waals surface area contributed by atoms with E-state index in [0.717, 1.165) is 6.42 Å². The quantitative estimate of drug-likeness (QED) is 0.590. The van der Waals surface area contributed by atoms with Crippen LogP contribution in [0.3, 0.4) is 0 Å². The van der Waals surface area contributed by atoms with Crippen molar-refractivity contribution in [3.05, 3.63) is 40.7 Å². The Kier molecular flexibility index (Phi) is 5.57. The summed E-state index contributed by atoms with van der Waals surface area (Å²) in [6.45, 7) is 2.80. The molecule has 0 saturated carbocycles. The van der Waals surface area contributed by atoms with E-state index in [0.29, 0.717) is 17.7 Å². The second kappa shape index (κ2) is 7.21.